The molecular formula is C26H24ClF2N3O. The number of fused-ring (bicyclic) bond motifs is 1. The third-order valence-electron chi connectivity index (χ3n) is 6.43. The summed E-state index contributed by atoms with van der Waals surface area (Å²) in [7, 11) is 0. The molecule has 1 unspecified atom stereocenters. The van der Waals surface area contributed by atoms with Crippen molar-refractivity contribution in [1.29, 1.82) is 0 Å². The molecule has 0 amide bonds. The summed E-state index contributed by atoms with van der Waals surface area (Å²) in [6.45, 7) is 0.389. The van der Waals surface area contributed by atoms with Crippen LogP contribution in [0.5, 0.6) is 5.75 Å². The molecule has 33 heavy (non-hydrogen) atoms. The predicted molar refractivity (Wildman–Crippen MR) is 125 cm³/mol. The molecular weight excluding hydrogens is 444 g/mol. The van der Waals surface area contributed by atoms with Crippen molar-refractivity contribution in [3.05, 3.63) is 77.6 Å². The smallest absolute Gasteiger partial charge is 0.161 e. The highest BCUT2D eigenvalue weighted by Crippen LogP contribution is 2.39. The largest absolute Gasteiger partial charge is 0.491 e. The number of halogens is 3. The van der Waals surface area contributed by atoms with Crippen LogP contribution in [0.25, 0.3) is 22.4 Å². The van der Waals surface area contributed by atoms with Gasteiger partial charge in [0.2, 0.25) is 0 Å². The maximum absolute atomic E-state index is 14.4. The van der Waals surface area contributed by atoms with E-state index in [0.717, 1.165) is 37.0 Å². The lowest BCUT2D eigenvalue weighted by molar-refractivity contribution is 0.170. The molecule has 170 valence electrons. The minimum absolute atomic E-state index is 0.0981. The van der Waals surface area contributed by atoms with Gasteiger partial charge in [-0.05, 0) is 55.2 Å². The van der Waals surface area contributed by atoms with E-state index in [2.05, 4.69) is 4.98 Å². The Labute approximate surface area is 196 Å². The molecule has 0 spiro atoms. The van der Waals surface area contributed by atoms with Crippen molar-refractivity contribution in [3.63, 3.8) is 0 Å². The Morgan fingerprint density at radius 2 is 1.67 bits per heavy atom. The second kappa shape index (κ2) is 9.48. The van der Waals surface area contributed by atoms with Crippen LogP contribution in [0.15, 0.2) is 60.9 Å². The Morgan fingerprint density at radius 1 is 0.970 bits per heavy atom. The van der Waals surface area contributed by atoms with Crippen molar-refractivity contribution < 1.29 is 13.5 Å². The quantitative estimate of drug-likeness (QED) is 0.300. The number of benzene rings is 2. The fourth-order valence-corrected chi connectivity index (χ4v) is 4.91. The van der Waals surface area contributed by atoms with Gasteiger partial charge in [0, 0.05) is 35.1 Å². The molecule has 5 rings (SSSR count). The van der Waals surface area contributed by atoms with E-state index in [1.54, 1.807) is 24.5 Å². The lowest BCUT2D eigenvalue weighted by Crippen LogP contribution is -2.28. The average Bonchev–Trinajstić information content (AvgIpc) is 3.19. The average molecular weight is 468 g/mol. The van der Waals surface area contributed by atoms with Gasteiger partial charge in [-0.25, -0.2) is 13.8 Å². The van der Waals surface area contributed by atoms with Gasteiger partial charge < -0.3 is 9.30 Å². The Bertz CT molecular complexity index is 1240. The first-order chi connectivity index (χ1) is 16.1. The maximum Gasteiger partial charge on any atom is 0.161 e. The van der Waals surface area contributed by atoms with Crippen LogP contribution in [0.1, 0.15) is 38.1 Å². The summed E-state index contributed by atoms with van der Waals surface area (Å²) < 4.78 is 36.7. The van der Waals surface area contributed by atoms with Gasteiger partial charge in [-0.1, -0.05) is 30.9 Å². The first-order valence-corrected chi connectivity index (χ1v) is 11.6. The number of pyridine rings is 1. The highest BCUT2D eigenvalue weighted by Gasteiger charge is 2.30. The van der Waals surface area contributed by atoms with Gasteiger partial charge in [-0.15, -0.1) is 0 Å². The summed E-state index contributed by atoms with van der Waals surface area (Å²) in [5.74, 6) is -0.0842. The molecule has 1 atom stereocenters. The van der Waals surface area contributed by atoms with E-state index in [4.69, 9.17) is 21.3 Å². The number of ether oxygens (including phenoxy) is 1. The number of aromatic nitrogens is 3. The lowest BCUT2D eigenvalue weighted by atomic mass is 9.83. The molecule has 0 N–H and O–H groups in total. The lowest BCUT2D eigenvalue weighted by Gasteiger charge is -2.32. The first-order valence-electron chi connectivity index (χ1n) is 11.3. The maximum atomic E-state index is 14.4. The van der Waals surface area contributed by atoms with Crippen LogP contribution in [-0.2, 0) is 0 Å². The van der Waals surface area contributed by atoms with Gasteiger partial charge in [0.15, 0.2) is 11.6 Å². The third-order valence-corrected chi connectivity index (χ3v) is 6.68. The SMILES string of the molecule is Fc1cc2nc(-c3ccc(Cl)cc3)n(C(COc3ccncc3)C3CCCCC3)c2cc1F. The number of hydrogen-bond acceptors (Lipinski definition) is 3. The molecule has 0 saturated heterocycles. The molecule has 0 bridgehead atoms. The summed E-state index contributed by atoms with van der Waals surface area (Å²) >= 11 is 6.11. The Morgan fingerprint density at radius 3 is 2.39 bits per heavy atom. The number of rotatable bonds is 6. The number of nitrogens with zero attached hydrogens (tertiary/aromatic N) is 3. The predicted octanol–water partition coefficient (Wildman–Crippen LogP) is 7.23. The van der Waals surface area contributed by atoms with E-state index < -0.39 is 11.6 Å². The van der Waals surface area contributed by atoms with Gasteiger partial charge in [0.25, 0.3) is 0 Å². The van der Waals surface area contributed by atoms with E-state index in [1.807, 2.05) is 28.8 Å². The van der Waals surface area contributed by atoms with Crippen LogP contribution < -0.4 is 4.74 Å². The van der Waals surface area contributed by atoms with Crippen molar-refractivity contribution in [2.75, 3.05) is 6.61 Å². The molecule has 2 aromatic heterocycles. The molecule has 4 nitrogen and oxygen atoms in total. The molecule has 2 heterocycles. The molecule has 1 aliphatic carbocycles. The summed E-state index contributed by atoms with van der Waals surface area (Å²) in [6.07, 6.45) is 8.97. The molecule has 1 saturated carbocycles. The molecule has 2 aromatic carbocycles. The fourth-order valence-electron chi connectivity index (χ4n) is 4.79. The van der Waals surface area contributed by atoms with Crippen molar-refractivity contribution in [2.24, 2.45) is 5.92 Å². The van der Waals surface area contributed by atoms with Crippen molar-refractivity contribution in [3.8, 4) is 17.1 Å². The van der Waals surface area contributed by atoms with Gasteiger partial charge >= 0.3 is 0 Å². The zero-order valence-corrected chi connectivity index (χ0v) is 18.8. The second-order valence-corrected chi connectivity index (χ2v) is 8.96. The minimum Gasteiger partial charge on any atom is -0.491 e. The molecule has 1 aliphatic rings. The highest BCUT2D eigenvalue weighted by atomic mass is 35.5. The van der Waals surface area contributed by atoms with Gasteiger partial charge in [0.1, 0.15) is 18.2 Å². The van der Waals surface area contributed by atoms with Gasteiger partial charge in [-0.2, -0.15) is 0 Å². The molecule has 0 aliphatic heterocycles. The summed E-state index contributed by atoms with van der Waals surface area (Å²) in [4.78, 5) is 8.78. The van der Waals surface area contributed by atoms with E-state index in [-0.39, 0.29) is 6.04 Å². The number of hydrogen-bond donors (Lipinski definition) is 0. The van der Waals surface area contributed by atoms with E-state index >= 15 is 0 Å². The van der Waals surface area contributed by atoms with Crippen molar-refractivity contribution >= 4 is 22.6 Å². The highest BCUT2D eigenvalue weighted by molar-refractivity contribution is 6.30. The van der Waals surface area contributed by atoms with E-state index in [1.165, 1.54) is 18.6 Å². The van der Waals surface area contributed by atoms with Crippen molar-refractivity contribution in [2.45, 2.75) is 38.1 Å². The normalized spacial score (nSPS) is 15.6. The van der Waals surface area contributed by atoms with E-state index in [0.29, 0.717) is 34.4 Å². The summed E-state index contributed by atoms with van der Waals surface area (Å²) in [5.41, 5.74) is 1.82. The van der Waals surface area contributed by atoms with Crippen LogP contribution in [0.2, 0.25) is 5.02 Å². The number of imidazole rings is 1. The molecule has 4 aromatic rings. The summed E-state index contributed by atoms with van der Waals surface area (Å²) in [5, 5.41) is 0.614. The zero-order valence-electron chi connectivity index (χ0n) is 18.1. The second-order valence-electron chi connectivity index (χ2n) is 8.53. The minimum atomic E-state index is -0.906. The third kappa shape index (κ3) is 4.58. The van der Waals surface area contributed by atoms with Crippen LogP contribution in [0.4, 0.5) is 8.78 Å². The Hall–Kier alpha value is -2.99. The Kier molecular flexibility index (Phi) is 6.27. The fraction of sp³-hybridized carbons (Fsp3) is 0.308. The van der Waals surface area contributed by atoms with Gasteiger partial charge in [0.05, 0.1) is 17.1 Å². The molecule has 7 heteroatoms. The van der Waals surface area contributed by atoms with Crippen molar-refractivity contribution in [1.82, 2.24) is 14.5 Å². The Balaban J connectivity index is 1.65. The summed E-state index contributed by atoms with van der Waals surface area (Å²) in [6, 6.07) is 13.3. The first kappa shape index (κ1) is 21.8. The topological polar surface area (TPSA) is 39.9 Å². The van der Waals surface area contributed by atoms with Crippen LogP contribution in [0.3, 0.4) is 0 Å². The van der Waals surface area contributed by atoms with Crippen LogP contribution >= 0.6 is 11.6 Å². The van der Waals surface area contributed by atoms with Crippen LogP contribution in [-0.4, -0.2) is 21.1 Å². The monoisotopic (exact) mass is 467 g/mol. The van der Waals surface area contributed by atoms with Crippen LogP contribution in [0, 0.1) is 17.6 Å². The standard InChI is InChI=1S/C26H24ClF2N3O/c27-19-8-6-18(7-9-19)26-31-23-14-21(28)22(29)15-24(23)32(26)25(17-4-2-1-3-5-17)16-33-20-10-12-30-13-11-20/h6-15,17,25H,1-5,16H2. The van der Waals surface area contributed by atoms with Gasteiger partial charge in [-0.3, -0.25) is 4.98 Å². The van der Waals surface area contributed by atoms with E-state index in [9.17, 15) is 8.78 Å². The molecule has 1 fully saturated rings. The zero-order chi connectivity index (χ0) is 22.8. The molecule has 0 radical (unpaired) electrons.